The molecule has 1 aliphatic carbocycles. The molecule has 2 nitrogen and oxygen atoms in total. The first-order chi connectivity index (χ1) is 7.70. The minimum Gasteiger partial charge on any atom is -0.355 e. The largest absolute Gasteiger partial charge is 0.355 e. The molecule has 1 saturated carbocycles. The van der Waals surface area contributed by atoms with Crippen molar-refractivity contribution in [2.24, 2.45) is 5.92 Å². The zero-order valence-electron chi connectivity index (χ0n) is 10.0. The first-order valence-electron chi connectivity index (χ1n) is 6.07. The summed E-state index contributed by atoms with van der Waals surface area (Å²) in [5, 5.41) is 0. The van der Waals surface area contributed by atoms with Crippen molar-refractivity contribution in [3.8, 4) is 0 Å². The molecule has 0 N–H and O–H groups in total. The van der Waals surface area contributed by atoms with Gasteiger partial charge in [0.25, 0.3) is 0 Å². The van der Waals surface area contributed by atoms with Crippen molar-refractivity contribution in [2.45, 2.75) is 33.1 Å². The van der Waals surface area contributed by atoms with Crippen LogP contribution in [-0.2, 0) is 0 Å². The Morgan fingerprint density at radius 2 is 2.25 bits per heavy atom. The molecule has 1 aromatic heterocycles. The molecule has 0 spiro atoms. The van der Waals surface area contributed by atoms with Gasteiger partial charge < -0.3 is 4.90 Å². The zero-order chi connectivity index (χ0) is 11.5. The number of aryl methyl sites for hydroxylation is 1. The highest BCUT2D eigenvalue weighted by Crippen LogP contribution is 2.33. The number of aromatic nitrogens is 1. The van der Waals surface area contributed by atoms with Crippen LogP contribution < -0.4 is 4.90 Å². The third-order valence-electron chi connectivity index (χ3n) is 2.93. The first-order valence-corrected chi connectivity index (χ1v) is 6.87. The van der Waals surface area contributed by atoms with Gasteiger partial charge in [-0.15, -0.1) is 0 Å². The average Bonchev–Trinajstić information content (AvgIpc) is 3.01. The van der Waals surface area contributed by atoms with Crippen LogP contribution in [0.1, 0.15) is 31.7 Å². The molecule has 0 amide bonds. The molecule has 88 valence electrons. The van der Waals surface area contributed by atoms with E-state index >= 15 is 0 Å². The molecule has 1 fully saturated rings. The van der Waals surface area contributed by atoms with Gasteiger partial charge in [-0.05, 0) is 59.7 Å². The van der Waals surface area contributed by atoms with E-state index in [-0.39, 0.29) is 0 Å². The first kappa shape index (κ1) is 11.9. The number of halogens is 1. The molecule has 1 heterocycles. The fourth-order valence-corrected chi connectivity index (χ4v) is 2.64. The van der Waals surface area contributed by atoms with Gasteiger partial charge >= 0.3 is 0 Å². The lowest BCUT2D eigenvalue weighted by Crippen LogP contribution is -2.27. The second kappa shape index (κ2) is 5.17. The summed E-state index contributed by atoms with van der Waals surface area (Å²) in [6.45, 7) is 6.57. The van der Waals surface area contributed by atoms with Crippen LogP contribution in [0.2, 0.25) is 0 Å². The maximum absolute atomic E-state index is 4.56. The van der Waals surface area contributed by atoms with Crippen molar-refractivity contribution in [3.63, 3.8) is 0 Å². The lowest BCUT2D eigenvalue weighted by Gasteiger charge is -2.24. The number of hydrogen-bond acceptors (Lipinski definition) is 2. The van der Waals surface area contributed by atoms with Crippen LogP contribution in [0.25, 0.3) is 0 Å². The zero-order valence-corrected chi connectivity index (χ0v) is 11.6. The van der Waals surface area contributed by atoms with E-state index < -0.39 is 0 Å². The Labute approximate surface area is 106 Å². The molecule has 0 radical (unpaired) electrons. The van der Waals surface area contributed by atoms with Crippen molar-refractivity contribution >= 4 is 21.7 Å². The fourth-order valence-electron chi connectivity index (χ4n) is 1.92. The second-order valence-electron chi connectivity index (χ2n) is 4.71. The summed E-state index contributed by atoms with van der Waals surface area (Å²) in [6.07, 6.45) is 5.91. The normalized spacial score (nSPS) is 15.2. The highest BCUT2D eigenvalue weighted by Gasteiger charge is 2.25. The van der Waals surface area contributed by atoms with E-state index in [1.165, 1.54) is 31.4 Å². The van der Waals surface area contributed by atoms with Gasteiger partial charge in [0.05, 0.1) is 4.47 Å². The molecule has 0 aliphatic heterocycles. The van der Waals surface area contributed by atoms with Gasteiger partial charge in [-0.1, -0.05) is 6.92 Å². The van der Waals surface area contributed by atoms with Gasteiger partial charge in [0.2, 0.25) is 0 Å². The summed E-state index contributed by atoms with van der Waals surface area (Å²) in [5.74, 6) is 2.01. The Hall–Kier alpha value is -0.570. The van der Waals surface area contributed by atoms with Crippen molar-refractivity contribution in [1.29, 1.82) is 0 Å². The summed E-state index contributed by atoms with van der Waals surface area (Å²) in [5.41, 5.74) is 1.21. The van der Waals surface area contributed by atoms with E-state index in [2.05, 4.69) is 45.7 Å². The maximum atomic E-state index is 4.56. The van der Waals surface area contributed by atoms with Gasteiger partial charge in [0, 0.05) is 19.3 Å². The van der Waals surface area contributed by atoms with E-state index in [1.807, 2.05) is 6.20 Å². The van der Waals surface area contributed by atoms with Crippen LogP contribution in [0.15, 0.2) is 16.7 Å². The number of pyridine rings is 1. The van der Waals surface area contributed by atoms with E-state index in [0.717, 1.165) is 22.8 Å². The standard InChI is InChI=1S/C13H19BrN2/c1-3-6-16(9-11-4-5-11)13-12(14)7-10(2)8-15-13/h7-8,11H,3-6,9H2,1-2H3. The van der Waals surface area contributed by atoms with Crippen LogP contribution in [0, 0.1) is 12.8 Å². The highest BCUT2D eigenvalue weighted by molar-refractivity contribution is 9.10. The summed E-state index contributed by atoms with van der Waals surface area (Å²) in [6, 6.07) is 2.15. The molecule has 1 aromatic rings. The Balaban J connectivity index is 2.15. The monoisotopic (exact) mass is 282 g/mol. The van der Waals surface area contributed by atoms with Crippen molar-refractivity contribution in [3.05, 3.63) is 22.3 Å². The van der Waals surface area contributed by atoms with Gasteiger partial charge in [-0.2, -0.15) is 0 Å². The molecular weight excluding hydrogens is 264 g/mol. The third-order valence-corrected chi connectivity index (χ3v) is 3.51. The van der Waals surface area contributed by atoms with Crippen LogP contribution in [0.3, 0.4) is 0 Å². The quantitative estimate of drug-likeness (QED) is 0.817. The van der Waals surface area contributed by atoms with Crippen molar-refractivity contribution in [2.75, 3.05) is 18.0 Å². The Morgan fingerprint density at radius 1 is 1.50 bits per heavy atom. The summed E-state index contributed by atoms with van der Waals surface area (Å²) >= 11 is 3.62. The Kier molecular flexibility index (Phi) is 3.85. The van der Waals surface area contributed by atoms with Crippen molar-refractivity contribution < 1.29 is 0 Å². The highest BCUT2D eigenvalue weighted by atomic mass is 79.9. The average molecular weight is 283 g/mol. The summed E-state index contributed by atoms with van der Waals surface area (Å²) in [4.78, 5) is 6.97. The van der Waals surface area contributed by atoms with E-state index in [4.69, 9.17) is 0 Å². The molecule has 2 rings (SSSR count). The third kappa shape index (κ3) is 2.97. The number of rotatable bonds is 5. The number of nitrogens with zero attached hydrogens (tertiary/aromatic N) is 2. The summed E-state index contributed by atoms with van der Waals surface area (Å²) in [7, 11) is 0. The number of anilines is 1. The smallest absolute Gasteiger partial charge is 0.142 e. The lowest BCUT2D eigenvalue weighted by molar-refractivity contribution is 0.697. The van der Waals surface area contributed by atoms with E-state index in [9.17, 15) is 0 Å². The topological polar surface area (TPSA) is 16.1 Å². The summed E-state index contributed by atoms with van der Waals surface area (Å²) < 4.78 is 1.13. The molecular formula is C13H19BrN2. The van der Waals surface area contributed by atoms with Crippen LogP contribution >= 0.6 is 15.9 Å². The van der Waals surface area contributed by atoms with E-state index in [1.54, 1.807) is 0 Å². The molecule has 3 heteroatoms. The van der Waals surface area contributed by atoms with Crippen LogP contribution in [0.4, 0.5) is 5.82 Å². The predicted octanol–water partition coefficient (Wildman–Crippen LogP) is 3.78. The van der Waals surface area contributed by atoms with Crippen LogP contribution in [0.5, 0.6) is 0 Å². The predicted molar refractivity (Wildman–Crippen MR) is 71.9 cm³/mol. The molecule has 0 saturated heterocycles. The van der Waals surface area contributed by atoms with Gasteiger partial charge in [-0.3, -0.25) is 0 Å². The van der Waals surface area contributed by atoms with Crippen molar-refractivity contribution in [1.82, 2.24) is 4.98 Å². The molecule has 0 unspecified atom stereocenters. The molecule has 16 heavy (non-hydrogen) atoms. The van der Waals surface area contributed by atoms with Crippen LogP contribution in [-0.4, -0.2) is 18.1 Å². The van der Waals surface area contributed by atoms with E-state index in [0.29, 0.717) is 0 Å². The maximum Gasteiger partial charge on any atom is 0.142 e. The van der Waals surface area contributed by atoms with Gasteiger partial charge in [0.1, 0.15) is 5.82 Å². The Bertz CT molecular complexity index is 361. The second-order valence-corrected chi connectivity index (χ2v) is 5.56. The fraction of sp³-hybridized carbons (Fsp3) is 0.615. The minimum atomic E-state index is 0.904. The Morgan fingerprint density at radius 3 is 2.81 bits per heavy atom. The minimum absolute atomic E-state index is 0.904. The lowest BCUT2D eigenvalue weighted by atomic mass is 10.3. The SMILES string of the molecule is CCCN(CC1CC1)c1ncc(C)cc1Br. The molecule has 0 bridgehead atoms. The number of hydrogen-bond donors (Lipinski definition) is 0. The molecule has 0 aromatic carbocycles. The van der Waals surface area contributed by atoms with Gasteiger partial charge in [0.15, 0.2) is 0 Å². The molecule has 1 aliphatic rings. The molecule has 0 atom stereocenters. The van der Waals surface area contributed by atoms with Gasteiger partial charge in [-0.25, -0.2) is 4.98 Å².